The number of hydrogen-bond donors (Lipinski definition) is 1. The molecule has 1 aliphatic rings. The Hall–Kier alpha value is -3.06. The summed E-state index contributed by atoms with van der Waals surface area (Å²) in [6.45, 7) is 0.481. The lowest BCUT2D eigenvalue weighted by Crippen LogP contribution is -2.24. The van der Waals surface area contributed by atoms with Crippen LogP contribution in [-0.2, 0) is 17.8 Å². The number of rotatable bonds is 9. The molecule has 0 saturated heterocycles. The molecule has 1 amide bonds. The number of nitrogens with one attached hydrogen (secondary N) is 1. The number of methoxy groups -OCH3 is 2. The molecular weight excluding hydrogens is 436 g/mol. The van der Waals surface area contributed by atoms with E-state index in [1.54, 1.807) is 14.2 Å². The molecule has 33 heavy (non-hydrogen) atoms. The number of ether oxygens (including phenoxy) is 3. The second kappa shape index (κ2) is 11.2. The topological polar surface area (TPSA) is 69.7 Å². The van der Waals surface area contributed by atoms with Crippen molar-refractivity contribution < 1.29 is 19.0 Å². The van der Waals surface area contributed by atoms with E-state index in [0.717, 1.165) is 40.4 Å². The number of nitrogens with zero attached hydrogens (tertiary/aromatic N) is 1. The van der Waals surface area contributed by atoms with Crippen molar-refractivity contribution in [2.24, 2.45) is 0 Å². The van der Waals surface area contributed by atoms with Gasteiger partial charge in [0.1, 0.15) is 10.8 Å². The number of aromatic nitrogens is 1. The average Bonchev–Trinajstić information content (AvgIpc) is 3.32. The fraction of sp³-hybridized carbons (Fsp3) is 0.385. The Morgan fingerprint density at radius 2 is 1.79 bits per heavy atom. The molecule has 0 unspecified atom stereocenters. The Bertz CT molecular complexity index is 1060. The van der Waals surface area contributed by atoms with Gasteiger partial charge in [-0.05, 0) is 61.6 Å². The lowest BCUT2D eigenvalue weighted by Gasteiger charge is -2.23. The summed E-state index contributed by atoms with van der Waals surface area (Å²) >= 11 is 1.51. The van der Waals surface area contributed by atoms with Gasteiger partial charge in [-0.15, -0.1) is 11.3 Å². The summed E-state index contributed by atoms with van der Waals surface area (Å²) in [5.41, 5.74) is 2.72. The number of carbonyl (C=O) groups excluding carboxylic acids is 1. The van der Waals surface area contributed by atoms with Crippen LogP contribution >= 0.6 is 11.3 Å². The lowest BCUT2D eigenvalue weighted by molar-refractivity contribution is -0.120. The standard InChI is InChI=1S/C26H30N2O4S/c1-30-23-13-10-19(14-24(23)31-2)26-28-20(17-33-26)15-25(29)27-16-18-8-11-22(12-9-18)32-21-6-4-3-5-7-21/h8-14,17,21H,3-7,15-16H2,1-2H3,(H,27,29). The van der Waals surface area contributed by atoms with E-state index in [1.807, 2.05) is 47.8 Å². The third kappa shape index (κ3) is 6.26. The summed E-state index contributed by atoms with van der Waals surface area (Å²) in [7, 11) is 3.22. The monoisotopic (exact) mass is 466 g/mol. The third-order valence-electron chi connectivity index (χ3n) is 5.79. The summed E-state index contributed by atoms with van der Waals surface area (Å²) in [6, 6.07) is 13.7. The normalized spacial score (nSPS) is 14.0. The highest BCUT2D eigenvalue weighted by Crippen LogP contribution is 2.33. The van der Waals surface area contributed by atoms with Crippen LogP contribution in [0.5, 0.6) is 17.2 Å². The molecule has 7 heteroatoms. The van der Waals surface area contributed by atoms with Crippen LogP contribution in [0.2, 0.25) is 0 Å². The molecule has 0 spiro atoms. The largest absolute Gasteiger partial charge is 0.493 e. The number of hydrogen-bond acceptors (Lipinski definition) is 6. The number of carbonyl (C=O) groups is 1. The van der Waals surface area contributed by atoms with E-state index < -0.39 is 0 Å². The second-order valence-electron chi connectivity index (χ2n) is 8.19. The molecule has 174 valence electrons. The van der Waals surface area contributed by atoms with Crippen LogP contribution in [0.15, 0.2) is 47.8 Å². The van der Waals surface area contributed by atoms with E-state index in [0.29, 0.717) is 24.1 Å². The van der Waals surface area contributed by atoms with Crippen LogP contribution in [0.3, 0.4) is 0 Å². The molecule has 3 aromatic rings. The zero-order chi connectivity index (χ0) is 23.0. The summed E-state index contributed by atoms with van der Waals surface area (Å²) in [6.07, 6.45) is 6.69. The Morgan fingerprint density at radius 1 is 1.03 bits per heavy atom. The van der Waals surface area contributed by atoms with Gasteiger partial charge in [0.05, 0.1) is 32.4 Å². The predicted octanol–water partition coefficient (Wildman–Crippen LogP) is 5.40. The second-order valence-corrected chi connectivity index (χ2v) is 9.05. The summed E-state index contributed by atoms with van der Waals surface area (Å²) in [5, 5.41) is 5.74. The minimum Gasteiger partial charge on any atom is -0.493 e. The minimum absolute atomic E-state index is 0.0540. The molecule has 4 rings (SSSR count). The molecule has 6 nitrogen and oxygen atoms in total. The fourth-order valence-electron chi connectivity index (χ4n) is 3.98. The van der Waals surface area contributed by atoms with E-state index >= 15 is 0 Å². The van der Waals surface area contributed by atoms with Gasteiger partial charge in [-0.1, -0.05) is 18.6 Å². The van der Waals surface area contributed by atoms with E-state index in [2.05, 4.69) is 10.3 Å². The molecule has 1 N–H and O–H groups in total. The fourth-order valence-corrected chi connectivity index (χ4v) is 4.80. The quantitative estimate of drug-likeness (QED) is 0.457. The first-order valence-electron chi connectivity index (χ1n) is 11.3. The van der Waals surface area contributed by atoms with Gasteiger partial charge in [0, 0.05) is 17.5 Å². The molecule has 1 fully saturated rings. The van der Waals surface area contributed by atoms with E-state index in [4.69, 9.17) is 14.2 Å². The van der Waals surface area contributed by atoms with Gasteiger partial charge >= 0.3 is 0 Å². The number of thiazole rings is 1. The van der Waals surface area contributed by atoms with Crippen LogP contribution < -0.4 is 19.5 Å². The van der Waals surface area contributed by atoms with Gasteiger partial charge in [-0.3, -0.25) is 4.79 Å². The van der Waals surface area contributed by atoms with Gasteiger partial charge in [0.25, 0.3) is 0 Å². The third-order valence-corrected chi connectivity index (χ3v) is 6.73. The highest BCUT2D eigenvalue weighted by Gasteiger charge is 2.15. The van der Waals surface area contributed by atoms with Crippen molar-refractivity contribution in [2.75, 3.05) is 14.2 Å². The van der Waals surface area contributed by atoms with Gasteiger partial charge in [0.15, 0.2) is 11.5 Å². The van der Waals surface area contributed by atoms with Gasteiger partial charge in [-0.25, -0.2) is 4.98 Å². The van der Waals surface area contributed by atoms with Crippen LogP contribution in [0.1, 0.15) is 43.4 Å². The predicted molar refractivity (Wildman–Crippen MR) is 130 cm³/mol. The van der Waals surface area contributed by atoms with Gasteiger partial charge in [0.2, 0.25) is 5.91 Å². The number of amides is 1. The molecule has 0 aliphatic heterocycles. The van der Waals surface area contributed by atoms with Crippen molar-refractivity contribution in [1.29, 1.82) is 0 Å². The Morgan fingerprint density at radius 3 is 2.52 bits per heavy atom. The van der Waals surface area contributed by atoms with Crippen molar-refractivity contribution in [3.8, 4) is 27.8 Å². The van der Waals surface area contributed by atoms with E-state index in [9.17, 15) is 4.79 Å². The zero-order valence-electron chi connectivity index (χ0n) is 19.1. The lowest BCUT2D eigenvalue weighted by atomic mass is 9.98. The molecule has 1 saturated carbocycles. The first-order chi connectivity index (χ1) is 16.1. The first-order valence-corrected chi connectivity index (χ1v) is 12.2. The Labute approximate surface area is 198 Å². The van der Waals surface area contributed by atoms with Crippen molar-refractivity contribution in [3.63, 3.8) is 0 Å². The Kier molecular flexibility index (Phi) is 7.83. The van der Waals surface area contributed by atoms with Crippen molar-refractivity contribution >= 4 is 17.2 Å². The van der Waals surface area contributed by atoms with Gasteiger partial charge < -0.3 is 19.5 Å². The van der Waals surface area contributed by atoms with Crippen molar-refractivity contribution in [1.82, 2.24) is 10.3 Å². The molecule has 1 aromatic heterocycles. The molecule has 1 aliphatic carbocycles. The van der Waals surface area contributed by atoms with Gasteiger partial charge in [-0.2, -0.15) is 0 Å². The Balaban J connectivity index is 1.27. The summed E-state index contributed by atoms with van der Waals surface area (Å²) in [4.78, 5) is 17.1. The molecule has 1 heterocycles. The summed E-state index contributed by atoms with van der Waals surface area (Å²) < 4.78 is 16.7. The van der Waals surface area contributed by atoms with Crippen molar-refractivity contribution in [3.05, 3.63) is 59.1 Å². The summed E-state index contributed by atoms with van der Waals surface area (Å²) in [5.74, 6) is 2.18. The highest BCUT2D eigenvalue weighted by molar-refractivity contribution is 7.13. The molecule has 2 aromatic carbocycles. The first kappa shape index (κ1) is 23.1. The molecule has 0 bridgehead atoms. The maximum absolute atomic E-state index is 12.4. The smallest absolute Gasteiger partial charge is 0.226 e. The van der Waals surface area contributed by atoms with Crippen molar-refractivity contribution in [2.45, 2.75) is 51.2 Å². The molecule has 0 radical (unpaired) electrons. The highest BCUT2D eigenvalue weighted by atomic mass is 32.1. The van der Waals surface area contributed by atoms with Crippen LogP contribution in [0.4, 0.5) is 0 Å². The number of benzene rings is 2. The van der Waals surface area contributed by atoms with Crippen LogP contribution in [0, 0.1) is 0 Å². The van der Waals surface area contributed by atoms with Crippen LogP contribution in [0.25, 0.3) is 10.6 Å². The van der Waals surface area contributed by atoms with E-state index in [-0.39, 0.29) is 12.3 Å². The minimum atomic E-state index is -0.0540. The van der Waals surface area contributed by atoms with E-state index in [1.165, 1.54) is 30.6 Å². The maximum Gasteiger partial charge on any atom is 0.226 e. The zero-order valence-corrected chi connectivity index (χ0v) is 20.0. The maximum atomic E-state index is 12.4. The molecule has 0 atom stereocenters. The average molecular weight is 467 g/mol. The molecular formula is C26H30N2O4S. The van der Waals surface area contributed by atoms with Crippen LogP contribution in [-0.4, -0.2) is 31.2 Å². The SMILES string of the molecule is COc1ccc(-c2nc(CC(=O)NCc3ccc(OC4CCCCC4)cc3)cs2)cc1OC.